The van der Waals surface area contributed by atoms with Gasteiger partial charge in [0.2, 0.25) is 0 Å². The molecule has 2 rings (SSSR count). The van der Waals surface area contributed by atoms with Gasteiger partial charge in [-0.05, 0) is 31.2 Å². The van der Waals surface area contributed by atoms with Gasteiger partial charge >= 0.3 is 5.97 Å². The summed E-state index contributed by atoms with van der Waals surface area (Å²) in [5.41, 5.74) is 6.26. The van der Waals surface area contributed by atoms with E-state index in [1.165, 1.54) is 0 Å². The third-order valence-corrected chi connectivity index (χ3v) is 2.93. The smallest absolute Gasteiger partial charge is 0.339 e. The number of rotatable bonds is 6. The number of aromatic nitrogens is 1. The highest BCUT2D eigenvalue weighted by Crippen LogP contribution is 2.24. The van der Waals surface area contributed by atoms with E-state index in [0.29, 0.717) is 30.2 Å². The number of fused-ring (bicyclic) bond motifs is 1. The number of pyridine rings is 1. The van der Waals surface area contributed by atoms with Crippen LogP contribution in [0.3, 0.4) is 0 Å². The molecule has 0 fully saturated rings. The van der Waals surface area contributed by atoms with Crippen molar-refractivity contribution in [2.24, 2.45) is 5.73 Å². The summed E-state index contributed by atoms with van der Waals surface area (Å²) < 4.78 is 5.15. The number of anilines is 1. The lowest BCUT2D eigenvalue weighted by atomic mass is 10.1. The van der Waals surface area contributed by atoms with Gasteiger partial charge in [0.05, 0.1) is 12.6 Å². The van der Waals surface area contributed by atoms with Gasteiger partial charge in [0.15, 0.2) is 0 Å². The SMILES string of the molecule is COc1ccc2cc(C(=O)O)c(NCCCN)nc2c1. The van der Waals surface area contributed by atoms with E-state index in [0.717, 1.165) is 11.8 Å². The maximum Gasteiger partial charge on any atom is 0.339 e. The van der Waals surface area contributed by atoms with Crippen LogP contribution in [0.2, 0.25) is 0 Å². The highest BCUT2D eigenvalue weighted by molar-refractivity contribution is 5.98. The number of hydrogen-bond acceptors (Lipinski definition) is 5. The lowest BCUT2D eigenvalue weighted by Gasteiger charge is -2.10. The van der Waals surface area contributed by atoms with Gasteiger partial charge in [0, 0.05) is 18.0 Å². The van der Waals surface area contributed by atoms with Gasteiger partial charge in [-0.2, -0.15) is 0 Å². The monoisotopic (exact) mass is 275 g/mol. The van der Waals surface area contributed by atoms with Crippen molar-refractivity contribution in [1.82, 2.24) is 4.98 Å². The maximum atomic E-state index is 11.3. The van der Waals surface area contributed by atoms with E-state index in [1.54, 1.807) is 31.4 Å². The van der Waals surface area contributed by atoms with Gasteiger partial charge in [0.25, 0.3) is 0 Å². The van der Waals surface area contributed by atoms with E-state index in [2.05, 4.69) is 10.3 Å². The summed E-state index contributed by atoms with van der Waals surface area (Å²) in [6, 6.07) is 6.94. The molecule has 0 aliphatic rings. The van der Waals surface area contributed by atoms with Crippen LogP contribution in [-0.4, -0.2) is 36.3 Å². The molecule has 1 aromatic carbocycles. The maximum absolute atomic E-state index is 11.3. The van der Waals surface area contributed by atoms with Crippen molar-refractivity contribution < 1.29 is 14.6 Å². The fraction of sp³-hybridized carbons (Fsp3) is 0.286. The van der Waals surface area contributed by atoms with Gasteiger partial charge in [-0.25, -0.2) is 9.78 Å². The zero-order valence-electron chi connectivity index (χ0n) is 11.2. The van der Waals surface area contributed by atoms with Crippen LogP contribution in [0.4, 0.5) is 5.82 Å². The fourth-order valence-electron chi connectivity index (χ4n) is 1.88. The molecule has 1 heterocycles. The molecule has 0 atom stereocenters. The Labute approximate surface area is 116 Å². The lowest BCUT2D eigenvalue weighted by Crippen LogP contribution is -2.12. The van der Waals surface area contributed by atoms with E-state index in [4.69, 9.17) is 10.5 Å². The van der Waals surface area contributed by atoms with E-state index >= 15 is 0 Å². The standard InChI is InChI=1S/C14H17N3O3/c1-20-10-4-3-9-7-11(14(18)19)13(16-6-2-5-15)17-12(9)8-10/h3-4,7-8H,2,5-6,15H2,1H3,(H,16,17)(H,18,19). The van der Waals surface area contributed by atoms with Crippen LogP contribution in [0.15, 0.2) is 24.3 Å². The molecule has 0 radical (unpaired) electrons. The Balaban J connectivity index is 2.45. The normalized spacial score (nSPS) is 10.5. The molecule has 2 aromatic rings. The topological polar surface area (TPSA) is 97.5 Å². The molecular formula is C14H17N3O3. The molecule has 0 aliphatic heterocycles. The van der Waals surface area contributed by atoms with Gasteiger partial charge in [-0.1, -0.05) is 0 Å². The molecule has 0 unspecified atom stereocenters. The molecule has 0 aliphatic carbocycles. The number of methoxy groups -OCH3 is 1. The molecule has 4 N–H and O–H groups in total. The predicted octanol–water partition coefficient (Wildman–Crippen LogP) is 1.70. The summed E-state index contributed by atoms with van der Waals surface area (Å²) >= 11 is 0. The van der Waals surface area contributed by atoms with Gasteiger partial charge in [0.1, 0.15) is 17.1 Å². The summed E-state index contributed by atoms with van der Waals surface area (Å²) in [6.45, 7) is 1.12. The zero-order valence-corrected chi connectivity index (χ0v) is 11.2. The van der Waals surface area contributed by atoms with Crippen molar-refractivity contribution >= 4 is 22.7 Å². The Bertz CT molecular complexity index is 628. The minimum atomic E-state index is -1.01. The Morgan fingerprint density at radius 1 is 1.45 bits per heavy atom. The van der Waals surface area contributed by atoms with Crippen LogP contribution in [0.5, 0.6) is 5.75 Å². The number of carbonyl (C=O) groups is 1. The molecule has 6 nitrogen and oxygen atoms in total. The van der Waals surface area contributed by atoms with Crippen molar-refractivity contribution in [2.45, 2.75) is 6.42 Å². The average Bonchev–Trinajstić information content (AvgIpc) is 2.46. The van der Waals surface area contributed by atoms with E-state index in [1.807, 2.05) is 0 Å². The Hall–Kier alpha value is -2.34. The van der Waals surface area contributed by atoms with Crippen molar-refractivity contribution in [2.75, 3.05) is 25.5 Å². The molecule has 0 amide bonds. The van der Waals surface area contributed by atoms with Crippen LogP contribution in [0.25, 0.3) is 10.9 Å². The molecule has 0 saturated heterocycles. The van der Waals surface area contributed by atoms with Gasteiger partial charge < -0.3 is 20.9 Å². The van der Waals surface area contributed by atoms with Crippen LogP contribution in [0, 0.1) is 0 Å². The quantitative estimate of drug-likeness (QED) is 0.694. The average molecular weight is 275 g/mol. The van der Waals surface area contributed by atoms with Crippen LogP contribution in [0.1, 0.15) is 16.8 Å². The van der Waals surface area contributed by atoms with Crippen molar-refractivity contribution in [3.8, 4) is 5.75 Å². The van der Waals surface area contributed by atoms with Crippen LogP contribution in [-0.2, 0) is 0 Å². The molecule has 20 heavy (non-hydrogen) atoms. The summed E-state index contributed by atoms with van der Waals surface area (Å²) in [7, 11) is 1.58. The number of benzene rings is 1. The first-order valence-corrected chi connectivity index (χ1v) is 6.31. The Morgan fingerprint density at radius 2 is 2.25 bits per heavy atom. The number of nitrogens with zero attached hydrogens (tertiary/aromatic N) is 1. The van der Waals surface area contributed by atoms with E-state index in [9.17, 15) is 9.90 Å². The summed E-state index contributed by atoms with van der Waals surface area (Å²) in [5.74, 6) is 0.0261. The fourth-order valence-corrected chi connectivity index (χ4v) is 1.88. The third kappa shape index (κ3) is 2.97. The second-order valence-corrected chi connectivity index (χ2v) is 4.32. The molecule has 6 heteroatoms. The van der Waals surface area contributed by atoms with E-state index in [-0.39, 0.29) is 5.56 Å². The van der Waals surface area contributed by atoms with Crippen molar-refractivity contribution in [3.63, 3.8) is 0 Å². The van der Waals surface area contributed by atoms with Crippen LogP contribution < -0.4 is 15.8 Å². The van der Waals surface area contributed by atoms with E-state index < -0.39 is 5.97 Å². The number of nitrogens with one attached hydrogen (secondary N) is 1. The highest BCUT2D eigenvalue weighted by atomic mass is 16.5. The Morgan fingerprint density at radius 3 is 2.90 bits per heavy atom. The number of hydrogen-bond donors (Lipinski definition) is 3. The molecule has 0 spiro atoms. The largest absolute Gasteiger partial charge is 0.497 e. The first-order valence-electron chi connectivity index (χ1n) is 6.31. The zero-order chi connectivity index (χ0) is 14.5. The molecule has 0 bridgehead atoms. The second-order valence-electron chi connectivity index (χ2n) is 4.32. The minimum Gasteiger partial charge on any atom is -0.497 e. The number of carboxylic acids is 1. The van der Waals surface area contributed by atoms with Gasteiger partial charge in [-0.15, -0.1) is 0 Å². The molecule has 1 aromatic heterocycles. The third-order valence-electron chi connectivity index (χ3n) is 2.93. The Kier molecular flexibility index (Phi) is 4.37. The molecular weight excluding hydrogens is 258 g/mol. The number of nitrogens with two attached hydrogens (primary N) is 1. The first-order chi connectivity index (χ1) is 9.65. The number of carboxylic acid groups (broad SMARTS) is 1. The minimum absolute atomic E-state index is 0.152. The second kappa shape index (κ2) is 6.21. The summed E-state index contributed by atoms with van der Waals surface area (Å²) in [6.07, 6.45) is 0.747. The summed E-state index contributed by atoms with van der Waals surface area (Å²) in [4.78, 5) is 15.7. The molecule has 0 saturated carbocycles. The molecule has 106 valence electrons. The number of aromatic carboxylic acids is 1. The van der Waals surface area contributed by atoms with Crippen LogP contribution >= 0.6 is 0 Å². The van der Waals surface area contributed by atoms with Crippen molar-refractivity contribution in [3.05, 3.63) is 29.8 Å². The predicted molar refractivity (Wildman–Crippen MR) is 77.4 cm³/mol. The first kappa shape index (κ1) is 14.1. The lowest BCUT2D eigenvalue weighted by molar-refractivity contribution is 0.0698. The highest BCUT2D eigenvalue weighted by Gasteiger charge is 2.13. The van der Waals surface area contributed by atoms with Gasteiger partial charge in [-0.3, -0.25) is 0 Å². The summed E-state index contributed by atoms with van der Waals surface area (Å²) in [5, 5.41) is 13.0. The van der Waals surface area contributed by atoms with Crippen molar-refractivity contribution in [1.29, 1.82) is 0 Å². The number of ether oxygens (including phenoxy) is 1.